The first-order valence-electron chi connectivity index (χ1n) is 7.96. The van der Waals surface area contributed by atoms with Gasteiger partial charge in [0.15, 0.2) is 5.82 Å². The van der Waals surface area contributed by atoms with Crippen LogP contribution >= 0.6 is 0 Å². The molecule has 0 saturated carbocycles. The van der Waals surface area contributed by atoms with Gasteiger partial charge in [0.1, 0.15) is 5.76 Å². The van der Waals surface area contributed by atoms with Gasteiger partial charge in [-0.25, -0.2) is 4.79 Å². The van der Waals surface area contributed by atoms with Crippen molar-refractivity contribution in [3.05, 3.63) is 42.2 Å². The van der Waals surface area contributed by atoms with E-state index in [1.54, 1.807) is 6.07 Å². The Bertz CT molecular complexity index is 654. The Morgan fingerprint density at radius 2 is 2.13 bits per heavy atom. The van der Waals surface area contributed by atoms with Crippen LogP contribution in [-0.4, -0.2) is 30.3 Å². The fourth-order valence-electron chi connectivity index (χ4n) is 2.71. The zero-order chi connectivity index (χ0) is 16.2. The molecule has 0 aliphatic carbocycles. The molecule has 1 saturated heterocycles. The number of aromatic nitrogens is 1. The highest BCUT2D eigenvalue weighted by atomic mass is 16.5. The van der Waals surface area contributed by atoms with Crippen molar-refractivity contribution in [2.75, 3.05) is 23.3 Å². The molecule has 6 heteroatoms. The smallest absolute Gasteiger partial charge is 0.320 e. The summed E-state index contributed by atoms with van der Waals surface area (Å²) in [6.45, 7) is 5.78. The number of nitrogens with one attached hydrogen (secondary N) is 2. The standard InChI is InChI=1S/C17H22N4O2/c1-12(2)15-10-16(20-23-15)19-17(22)18-13-8-9-21(11-13)14-6-4-3-5-7-14/h3-7,10,12-13H,8-9,11H2,1-2H3,(H2,18,19,20,22). The molecule has 2 N–H and O–H groups in total. The number of hydrogen-bond acceptors (Lipinski definition) is 4. The molecule has 0 radical (unpaired) electrons. The maximum atomic E-state index is 12.1. The summed E-state index contributed by atoms with van der Waals surface area (Å²) in [6, 6.07) is 11.9. The molecule has 1 unspecified atom stereocenters. The largest absolute Gasteiger partial charge is 0.369 e. The lowest BCUT2D eigenvalue weighted by Crippen LogP contribution is -2.39. The third-order valence-corrected chi connectivity index (χ3v) is 3.98. The number of hydrogen-bond donors (Lipinski definition) is 2. The van der Waals surface area contributed by atoms with E-state index in [0.717, 1.165) is 25.3 Å². The number of rotatable bonds is 4. The van der Waals surface area contributed by atoms with Crippen LogP contribution in [-0.2, 0) is 0 Å². The first-order valence-corrected chi connectivity index (χ1v) is 7.96. The van der Waals surface area contributed by atoms with E-state index < -0.39 is 0 Å². The lowest BCUT2D eigenvalue weighted by atomic mass is 10.2. The predicted molar refractivity (Wildman–Crippen MR) is 89.8 cm³/mol. The van der Waals surface area contributed by atoms with E-state index in [4.69, 9.17) is 4.52 Å². The summed E-state index contributed by atoms with van der Waals surface area (Å²) in [4.78, 5) is 14.3. The lowest BCUT2D eigenvalue weighted by molar-refractivity contribution is 0.249. The topological polar surface area (TPSA) is 70.4 Å². The molecule has 23 heavy (non-hydrogen) atoms. The lowest BCUT2D eigenvalue weighted by Gasteiger charge is -2.18. The van der Waals surface area contributed by atoms with Crippen LogP contribution in [0.3, 0.4) is 0 Å². The van der Waals surface area contributed by atoms with Gasteiger partial charge in [0.2, 0.25) is 0 Å². The Balaban J connectivity index is 1.50. The number of carbonyl (C=O) groups excluding carboxylic acids is 1. The summed E-state index contributed by atoms with van der Waals surface area (Å²) in [5.74, 6) is 1.45. The minimum Gasteiger partial charge on any atom is -0.369 e. The first kappa shape index (κ1) is 15.4. The Morgan fingerprint density at radius 3 is 2.83 bits per heavy atom. The van der Waals surface area contributed by atoms with Gasteiger partial charge < -0.3 is 14.7 Å². The van der Waals surface area contributed by atoms with E-state index in [-0.39, 0.29) is 18.0 Å². The summed E-state index contributed by atoms with van der Waals surface area (Å²) in [5.41, 5.74) is 1.19. The summed E-state index contributed by atoms with van der Waals surface area (Å²) in [7, 11) is 0. The SMILES string of the molecule is CC(C)c1cc(NC(=O)NC2CCN(c3ccccc3)C2)no1. The van der Waals surface area contributed by atoms with Crippen LogP contribution in [0.2, 0.25) is 0 Å². The van der Waals surface area contributed by atoms with E-state index in [9.17, 15) is 4.79 Å². The molecule has 6 nitrogen and oxygen atoms in total. The van der Waals surface area contributed by atoms with Gasteiger partial charge in [-0.15, -0.1) is 0 Å². The highest BCUT2D eigenvalue weighted by Crippen LogP contribution is 2.20. The van der Waals surface area contributed by atoms with Crippen molar-refractivity contribution in [1.29, 1.82) is 0 Å². The molecule has 1 fully saturated rings. The van der Waals surface area contributed by atoms with Gasteiger partial charge in [-0.2, -0.15) is 0 Å². The van der Waals surface area contributed by atoms with Crippen molar-refractivity contribution < 1.29 is 9.32 Å². The average Bonchev–Trinajstić information content (AvgIpc) is 3.18. The fraction of sp³-hybridized carbons (Fsp3) is 0.412. The van der Waals surface area contributed by atoms with E-state index >= 15 is 0 Å². The zero-order valence-corrected chi connectivity index (χ0v) is 13.5. The molecule has 1 atom stereocenters. The molecule has 1 aliphatic heterocycles. The minimum atomic E-state index is -0.242. The van der Waals surface area contributed by atoms with Gasteiger partial charge in [0, 0.05) is 36.8 Å². The van der Waals surface area contributed by atoms with E-state index in [1.165, 1.54) is 5.69 Å². The van der Waals surface area contributed by atoms with Gasteiger partial charge in [-0.1, -0.05) is 37.2 Å². The van der Waals surface area contributed by atoms with E-state index in [2.05, 4.69) is 32.8 Å². The third-order valence-electron chi connectivity index (χ3n) is 3.98. The summed E-state index contributed by atoms with van der Waals surface area (Å²) in [6.07, 6.45) is 0.929. The molecule has 1 aliphatic rings. The Labute approximate surface area is 135 Å². The van der Waals surface area contributed by atoms with Gasteiger partial charge >= 0.3 is 6.03 Å². The Hall–Kier alpha value is -2.50. The highest BCUT2D eigenvalue weighted by molar-refractivity contribution is 5.88. The quantitative estimate of drug-likeness (QED) is 0.909. The van der Waals surface area contributed by atoms with Crippen LogP contribution in [0, 0.1) is 0 Å². The number of urea groups is 1. The number of benzene rings is 1. The summed E-state index contributed by atoms with van der Waals surface area (Å²) in [5, 5.41) is 9.57. The van der Waals surface area contributed by atoms with E-state index in [0.29, 0.717) is 5.82 Å². The number of carbonyl (C=O) groups is 1. The predicted octanol–water partition coefficient (Wildman–Crippen LogP) is 3.20. The van der Waals surface area contributed by atoms with Crippen LogP contribution in [0.1, 0.15) is 31.9 Å². The van der Waals surface area contributed by atoms with Crippen molar-refractivity contribution in [3.63, 3.8) is 0 Å². The van der Waals surface area contributed by atoms with Crippen LogP contribution in [0.5, 0.6) is 0 Å². The number of para-hydroxylation sites is 1. The second kappa shape index (κ2) is 6.73. The molecule has 2 heterocycles. The number of anilines is 2. The molecule has 3 rings (SSSR count). The molecular weight excluding hydrogens is 292 g/mol. The molecule has 1 aromatic heterocycles. The van der Waals surface area contributed by atoms with Crippen LogP contribution in [0.15, 0.2) is 40.9 Å². The first-order chi connectivity index (χ1) is 11.1. The van der Waals surface area contributed by atoms with Crippen LogP contribution < -0.4 is 15.5 Å². The maximum Gasteiger partial charge on any atom is 0.320 e. The van der Waals surface area contributed by atoms with Crippen LogP contribution in [0.25, 0.3) is 0 Å². The zero-order valence-electron chi connectivity index (χ0n) is 13.5. The fourth-order valence-corrected chi connectivity index (χ4v) is 2.71. The molecule has 122 valence electrons. The molecule has 0 bridgehead atoms. The Morgan fingerprint density at radius 1 is 1.35 bits per heavy atom. The van der Waals surface area contributed by atoms with Crippen LogP contribution in [0.4, 0.5) is 16.3 Å². The van der Waals surface area contributed by atoms with Gasteiger partial charge in [0.05, 0.1) is 0 Å². The second-order valence-corrected chi connectivity index (χ2v) is 6.13. The Kier molecular flexibility index (Phi) is 4.50. The summed E-state index contributed by atoms with van der Waals surface area (Å²) >= 11 is 0. The number of amides is 2. The van der Waals surface area contributed by atoms with Crippen molar-refractivity contribution in [1.82, 2.24) is 10.5 Å². The van der Waals surface area contributed by atoms with Gasteiger partial charge in [0.25, 0.3) is 0 Å². The molecule has 2 amide bonds. The molecule has 0 spiro atoms. The van der Waals surface area contributed by atoms with Crippen molar-refractivity contribution in [2.24, 2.45) is 0 Å². The van der Waals surface area contributed by atoms with Crippen molar-refractivity contribution >= 4 is 17.5 Å². The maximum absolute atomic E-state index is 12.1. The monoisotopic (exact) mass is 314 g/mol. The minimum absolute atomic E-state index is 0.131. The highest BCUT2D eigenvalue weighted by Gasteiger charge is 2.24. The summed E-state index contributed by atoms with van der Waals surface area (Å²) < 4.78 is 5.17. The van der Waals surface area contributed by atoms with Gasteiger partial charge in [-0.3, -0.25) is 5.32 Å². The van der Waals surface area contributed by atoms with E-state index in [1.807, 2.05) is 32.0 Å². The number of nitrogens with zero attached hydrogens (tertiary/aromatic N) is 2. The van der Waals surface area contributed by atoms with Gasteiger partial charge in [-0.05, 0) is 18.6 Å². The average molecular weight is 314 g/mol. The molecule has 2 aromatic rings. The third kappa shape index (κ3) is 3.83. The normalized spacial score (nSPS) is 17.5. The molecular formula is C17H22N4O2. The van der Waals surface area contributed by atoms with Crippen molar-refractivity contribution in [2.45, 2.75) is 32.2 Å². The van der Waals surface area contributed by atoms with Crippen molar-refractivity contribution in [3.8, 4) is 0 Å². The molecule has 1 aromatic carbocycles. The second-order valence-electron chi connectivity index (χ2n) is 6.13.